The van der Waals surface area contributed by atoms with Crippen molar-refractivity contribution in [3.63, 3.8) is 0 Å². The number of aromatic nitrogens is 4. The van der Waals surface area contributed by atoms with Crippen LogP contribution in [0.15, 0.2) is 60.9 Å². The Balaban J connectivity index is 1.45. The van der Waals surface area contributed by atoms with Gasteiger partial charge in [-0.25, -0.2) is 4.68 Å². The second-order valence-corrected chi connectivity index (χ2v) is 11.1. The Morgan fingerprint density at radius 2 is 1.60 bits per heavy atom. The number of fused-ring (bicyclic) bond motifs is 3. The highest BCUT2D eigenvalue weighted by Crippen LogP contribution is 2.19. The summed E-state index contributed by atoms with van der Waals surface area (Å²) >= 11 is 0. The fraction of sp³-hybridized carbons (Fsp3) is 0.355. The number of nitrogens with one attached hydrogen (secondary N) is 5. The molecule has 14 nitrogen and oxygen atoms in total. The number of rotatable bonds is 8. The minimum absolute atomic E-state index is 0.0161. The molecule has 2 aromatic carbocycles. The topological polar surface area (TPSA) is 209 Å². The molecule has 236 valence electrons. The molecule has 0 radical (unpaired) electrons. The number of phenols is 1. The van der Waals surface area contributed by atoms with Crippen molar-refractivity contribution in [3.8, 4) is 5.75 Å². The van der Waals surface area contributed by atoms with E-state index in [1.54, 1.807) is 18.3 Å². The summed E-state index contributed by atoms with van der Waals surface area (Å²) in [6.45, 7) is 0.223. The molecule has 1 aliphatic rings. The van der Waals surface area contributed by atoms with E-state index in [1.165, 1.54) is 23.0 Å². The maximum absolute atomic E-state index is 13.8. The molecule has 0 saturated heterocycles. The molecule has 0 unspecified atom stereocenters. The molecule has 5 rings (SSSR count). The van der Waals surface area contributed by atoms with Crippen molar-refractivity contribution < 1.29 is 24.3 Å². The van der Waals surface area contributed by atoms with E-state index in [2.05, 4.69) is 36.6 Å². The van der Waals surface area contributed by atoms with Crippen LogP contribution in [0.3, 0.4) is 0 Å². The standard InChI is InChI=1S/C31H37N9O5/c32-12-4-3-7-25-30(44)37-26(13-19-8-10-22(41)11-9-19)29(43)34-16-21-17-40(39-38-21)18-28(42)35-27(31(45)36-25)14-20-15-33-24-6-2-1-5-23(20)24/h1-2,5-6,8-11,15,17,25-27,33,41H,3-4,7,12-14,16,18,32H2,(H,34,43)(H,35,42)(H,36,45)(H,37,44)/t25-,26-,27-/m0/s1. The van der Waals surface area contributed by atoms with Gasteiger partial charge in [-0.15, -0.1) is 5.10 Å². The molecule has 3 heterocycles. The molecule has 4 amide bonds. The van der Waals surface area contributed by atoms with Crippen LogP contribution in [0, 0.1) is 0 Å². The molecule has 0 fully saturated rings. The molecule has 3 atom stereocenters. The smallest absolute Gasteiger partial charge is 0.243 e. The predicted octanol–water partition coefficient (Wildman–Crippen LogP) is 0.164. The van der Waals surface area contributed by atoms with E-state index in [0.717, 1.165) is 16.5 Å². The first-order valence-electron chi connectivity index (χ1n) is 14.9. The number of aromatic hydroxyl groups is 1. The van der Waals surface area contributed by atoms with Gasteiger partial charge < -0.3 is 37.1 Å². The lowest BCUT2D eigenvalue weighted by molar-refractivity contribution is -0.134. The quantitative estimate of drug-likeness (QED) is 0.136. The van der Waals surface area contributed by atoms with Crippen molar-refractivity contribution >= 4 is 34.5 Å². The summed E-state index contributed by atoms with van der Waals surface area (Å²) in [5.41, 5.74) is 8.52. The number of aromatic amines is 1. The number of carbonyl (C=O) groups is 4. The van der Waals surface area contributed by atoms with Gasteiger partial charge in [0.2, 0.25) is 23.6 Å². The van der Waals surface area contributed by atoms with E-state index in [1.807, 2.05) is 24.3 Å². The maximum atomic E-state index is 13.8. The predicted molar refractivity (Wildman–Crippen MR) is 164 cm³/mol. The van der Waals surface area contributed by atoms with Crippen LogP contribution in [0.4, 0.5) is 0 Å². The number of nitrogens with zero attached hydrogens (tertiary/aromatic N) is 3. The fourth-order valence-electron chi connectivity index (χ4n) is 5.30. The normalized spacial score (nSPS) is 19.9. The second-order valence-electron chi connectivity index (χ2n) is 11.1. The van der Waals surface area contributed by atoms with E-state index in [-0.39, 0.29) is 38.1 Å². The van der Waals surface area contributed by atoms with Crippen LogP contribution < -0.4 is 27.0 Å². The zero-order chi connectivity index (χ0) is 31.8. The number of amides is 4. The highest BCUT2D eigenvalue weighted by Gasteiger charge is 2.30. The Labute approximate surface area is 259 Å². The number of hydrogen-bond donors (Lipinski definition) is 7. The van der Waals surface area contributed by atoms with E-state index >= 15 is 0 Å². The SMILES string of the molecule is NCCCC[C@@H]1NC(=O)[C@H](Cc2c[nH]c3ccccc23)NC(=O)Cn2cc(nn2)CNC(=O)[C@H](Cc2ccc(O)cc2)NC1=O. The minimum Gasteiger partial charge on any atom is -0.508 e. The van der Waals surface area contributed by atoms with Crippen molar-refractivity contribution in [1.82, 2.24) is 41.2 Å². The van der Waals surface area contributed by atoms with E-state index < -0.39 is 41.8 Å². The summed E-state index contributed by atoms with van der Waals surface area (Å²) in [7, 11) is 0. The average molecular weight is 616 g/mol. The molecule has 14 heteroatoms. The number of para-hydroxylation sites is 1. The summed E-state index contributed by atoms with van der Waals surface area (Å²) in [5.74, 6) is -1.96. The van der Waals surface area contributed by atoms with E-state index in [0.29, 0.717) is 30.6 Å². The zero-order valence-corrected chi connectivity index (χ0v) is 24.7. The Bertz CT molecular complexity index is 1650. The molecule has 0 saturated carbocycles. The van der Waals surface area contributed by atoms with E-state index in [9.17, 15) is 24.3 Å². The third-order valence-corrected chi connectivity index (χ3v) is 7.68. The van der Waals surface area contributed by atoms with Crippen molar-refractivity contribution in [3.05, 3.63) is 77.7 Å². The van der Waals surface area contributed by atoms with E-state index in [4.69, 9.17) is 5.73 Å². The largest absolute Gasteiger partial charge is 0.508 e. The van der Waals surface area contributed by atoms with Crippen molar-refractivity contribution in [2.75, 3.05) is 6.54 Å². The number of unbranched alkanes of at least 4 members (excludes halogenated alkanes) is 1. The summed E-state index contributed by atoms with van der Waals surface area (Å²) in [5, 5.41) is 29.9. The van der Waals surface area contributed by atoms with Crippen LogP contribution in [0.2, 0.25) is 0 Å². The van der Waals surface area contributed by atoms with Crippen LogP contribution in [0.25, 0.3) is 10.9 Å². The number of phenolic OH excluding ortho intramolecular Hbond substituents is 1. The van der Waals surface area contributed by atoms with Crippen LogP contribution >= 0.6 is 0 Å². The van der Waals surface area contributed by atoms with Crippen molar-refractivity contribution in [2.45, 2.75) is 63.3 Å². The number of H-pyrrole nitrogens is 1. The molecule has 0 aliphatic carbocycles. The van der Waals surface area contributed by atoms with Gasteiger partial charge >= 0.3 is 0 Å². The van der Waals surface area contributed by atoms with Gasteiger partial charge in [0.1, 0.15) is 36.1 Å². The molecule has 4 aromatic rings. The van der Waals surface area contributed by atoms with Gasteiger partial charge in [-0.2, -0.15) is 0 Å². The lowest BCUT2D eigenvalue weighted by Crippen LogP contribution is -2.57. The molecule has 0 spiro atoms. The number of carbonyl (C=O) groups excluding carboxylic acids is 4. The van der Waals surface area contributed by atoms with Gasteiger partial charge in [-0.1, -0.05) is 35.5 Å². The third-order valence-electron chi connectivity index (χ3n) is 7.68. The van der Waals surface area contributed by atoms with Crippen LogP contribution in [0.5, 0.6) is 5.75 Å². The van der Waals surface area contributed by atoms with Crippen LogP contribution in [-0.2, 0) is 45.1 Å². The monoisotopic (exact) mass is 615 g/mol. The lowest BCUT2D eigenvalue weighted by Gasteiger charge is -2.26. The van der Waals surface area contributed by atoms with Gasteiger partial charge in [-0.3, -0.25) is 19.2 Å². The van der Waals surface area contributed by atoms with Gasteiger partial charge in [0.05, 0.1) is 12.7 Å². The lowest BCUT2D eigenvalue weighted by atomic mass is 10.0. The molecular formula is C31H37N9O5. The van der Waals surface area contributed by atoms with Gasteiger partial charge in [0, 0.05) is 29.9 Å². The second kappa shape index (κ2) is 14.5. The Morgan fingerprint density at radius 1 is 0.867 bits per heavy atom. The number of hydrogen-bond acceptors (Lipinski definition) is 8. The Morgan fingerprint density at radius 3 is 2.40 bits per heavy atom. The zero-order valence-electron chi connectivity index (χ0n) is 24.7. The highest BCUT2D eigenvalue weighted by atomic mass is 16.3. The maximum Gasteiger partial charge on any atom is 0.243 e. The molecule has 2 bridgehead atoms. The molecule has 45 heavy (non-hydrogen) atoms. The third kappa shape index (κ3) is 8.23. The first-order valence-corrected chi connectivity index (χ1v) is 14.9. The summed E-state index contributed by atoms with van der Waals surface area (Å²) in [4.78, 5) is 57.2. The summed E-state index contributed by atoms with van der Waals surface area (Å²) in [6, 6.07) is 10.9. The van der Waals surface area contributed by atoms with Crippen LogP contribution in [-0.4, -0.2) is 73.4 Å². The van der Waals surface area contributed by atoms with Gasteiger partial charge in [-0.05, 0) is 55.1 Å². The molecule has 1 aliphatic heterocycles. The van der Waals surface area contributed by atoms with Crippen molar-refractivity contribution in [1.29, 1.82) is 0 Å². The average Bonchev–Trinajstić information content (AvgIpc) is 3.65. The summed E-state index contributed by atoms with van der Waals surface area (Å²) < 4.78 is 1.33. The van der Waals surface area contributed by atoms with Gasteiger partial charge in [0.15, 0.2) is 0 Å². The molecular weight excluding hydrogens is 578 g/mol. The fourth-order valence-corrected chi connectivity index (χ4v) is 5.30. The first kappa shape index (κ1) is 31.2. The number of benzene rings is 2. The Hall–Kier alpha value is -5.24. The Kier molecular flexibility index (Phi) is 10.0. The van der Waals surface area contributed by atoms with Crippen LogP contribution in [0.1, 0.15) is 36.1 Å². The number of nitrogens with two attached hydrogens (primary N) is 1. The first-order chi connectivity index (χ1) is 21.8. The molecule has 8 N–H and O–H groups in total. The summed E-state index contributed by atoms with van der Waals surface area (Å²) in [6.07, 6.45) is 5.07. The minimum atomic E-state index is -1.02. The van der Waals surface area contributed by atoms with Crippen molar-refractivity contribution in [2.24, 2.45) is 5.73 Å². The highest BCUT2D eigenvalue weighted by molar-refractivity contribution is 5.95. The molecule has 2 aromatic heterocycles. The van der Waals surface area contributed by atoms with Gasteiger partial charge in [0.25, 0.3) is 0 Å².